The van der Waals surface area contributed by atoms with Crippen LogP contribution in [0.1, 0.15) is 12.8 Å². The van der Waals surface area contributed by atoms with Gasteiger partial charge in [0.05, 0.1) is 23.9 Å². The third-order valence-corrected chi connectivity index (χ3v) is 5.20. The number of carbonyl (C=O) groups is 2. The van der Waals surface area contributed by atoms with Gasteiger partial charge in [0.1, 0.15) is 11.1 Å². The summed E-state index contributed by atoms with van der Waals surface area (Å²) in [4.78, 5) is 43.2. The van der Waals surface area contributed by atoms with Crippen LogP contribution in [0, 0.1) is 5.92 Å². The molecule has 166 valence electrons. The second-order valence-electron chi connectivity index (χ2n) is 7.67. The van der Waals surface area contributed by atoms with Crippen LogP contribution in [0.5, 0.6) is 5.75 Å². The zero-order valence-electron chi connectivity index (χ0n) is 17.4. The quantitative estimate of drug-likeness (QED) is 0.401. The Hall–Kier alpha value is -4.47. The minimum absolute atomic E-state index is 0.00382. The van der Waals surface area contributed by atoms with Gasteiger partial charge in [0, 0.05) is 17.7 Å². The summed E-state index contributed by atoms with van der Waals surface area (Å²) in [5, 5.41) is 10.3. The number of benzene rings is 2. The summed E-state index contributed by atoms with van der Waals surface area (Å²) in [7, 11) is 0. The van der Waals surface area contributed by atoms with Gasteiger partial charge < -0.3 is 20.4 Å². The molecular formula is C23H20N6O4. The molecule has 4 aromatic rings. The molecule has 0 unspecified atom stereocenters. The molecule has 1 aliphatic rings. The third kappa shape index (κ3) is 4.45. The monoisotopic (exact) mass is 444 g/mol. The fraction of sp³-hybridized carbons (Fsp3) is 0.174. The first-order valence-corrected chi connectivity index (χ1v) is 10.4. The second-order valence-corrected chi connectivity index (χ2v) is 7.67. The van der Waals surface area contributed by atoms with Crippen molar-refractivity contribution in [2.75, 3.05) is 17.2 Å². The number of hydrogen-bond acceptors (Lipinski definition) is 6. The van der Waals surface area contributed by atoms with Gasteiger partial charge in [0.2, 0.25) is 5.91 Å². The van der Waals surface area contributed by atoms with E-state index in [-0.39, 0.29) is 29.9 Å². The average molecular weight is 444 g/mol. The number of rotatable bonds is 7. The maximum absolute atomic E-state index is 12.6. The molecule has 33 heavy (non-hydrogen) atoms. The summed E-state index contributed by atoms with van der Waals surface area (Å²) < 4.78 is 7.10. The Morgan fingerprint density at radius 3 is 2.82 bits per heavy atom. The lowest BCUT2D eigenvalue weighted by Gasteiger charge is -2.12. The summed E-state index contributed by atoms with van der Waals surface area (Å²) in [5.74, 6) is 0.190. The zero-order chi connectivity index (χ0) is 22.8. The van der Waals surface area contributed by atoms with Crippen molar-refractivity contribution in [2.24, 2.45) is 5.92 Å². The molecule has 2 aromatic heterocycles. The molecule has 1 fully saturated rings. The molecule has 0 spiro atoms. The highest BCUT2D eigenvalue weighted by Crippen LogP contribution is 2.30. The molecule has 10 heteroatoms. The van der Waals surface area contributed by atoms with Gasteiger partial charge in [-0.1, -0.05) is 18.2 Å². The molecule has 5 rings (SSSR count). The number of nitrogens with zero attached hydrogens (tertiary/aromatic N) is 3. The van der Waals surface area contributed by atoms with E-state index in [1.165, 1.54) is 17.2 Å². The largest absolute Gasteiger partial charge is 0.484 e. The molecule has 1 saturated carbocycles. The number of para-hydroxylation sites is 2. The molecule has 0 aliphatic heterocycles. The van der Waals surface area contributed by atoms with Crippen LogP contribution in [0.3, 0.4) is 0 Å². The average Bonchev–Trinajstić information content (AvgIpc) is 3.58. The number of carbonyl (C=O) groups excluding carboxylic acids is 2. The second kappa shape index (κ2) is 8.58. The SMILES string of the molecule is O=C(COc1cccc(NC(=O)C2CC2)c1)Nc1ccccc1-n1ncc2c(=O)[nH]cnc21. The maximum atomic E-state index is 12.6. The predicted molar refractivity (Wildman–Crippen MR) is 121 cm³/mol. The van der Waals surface area contributed by atoms with Crippen LogP contribution in [0.15, 0.2) is 65.8 Å². The molecule has 0 saturated heterocycles. The van der Waals surface area contributed by atoms with Crippen LogP contribution in [0.25, 0.3) is 16.7 Å². The van der Waals surface area contributed by atoms with Crippen molar-refractivity contribution < 1.29 is 14.3 Å². The van der Waals surface area contributed by atoms with Crippen LogP contribution in [0.4, 0.5) is 11.4 Å². The van der Waals surface area contributed by atoms with E-state index < -0.39 is 0 Å². The van der Waals surface area contributed by atoms with Gasteiger partial charge in [-0.3, -0.25) is 14.4 Å². The van der Waals surface area contributed by atoms with E-state index in [2.05, 4.69) is 25.7 Å². The molecule has 0 bridgehead atoms. The van der Waals surface area contributed by atoms with Gasteiger partial charge in [0.15, 0.2) is 12.3 Å². The van der Waals surface area contributed by atoms with E-state index in [9.17, 15) is 14.4 Å². The number of aromatic nitrogens is 4. The number of anilines is 2. The smallest absolute Gasteiger partial charge is 0.262 e. The topological polar surface area (TPSA) is 131 Å². The molecule has 2 aromatic carbocycles. The molecule has 3 N–H and O–H groups in total. The predicted octanol–water partition coefficient (Wildman–Crippen LogP) is 2.47. The number of ether oxygens (including phenoxy) is 1. The Labute approximate surface area is 187 Å². The van der Waals surface area contributed by atoms with E-state index >= 15 is 0 Å². The van der Waals surface area contributed by atoms with Gasteiger partial charge in [0.25, 0.3) is 11.5 Å². The lowest BCUT2D eigenvalue weighted by atomic mass is 10.2. The van der Waals surface area contributed by atoms with Crippen molar-refractivity contribution in [2.45, 2.75) is 12.8 Å². The number of hydrogen-bond donors (Lipinski definition) is 3. The van der Waals surface area contributed by atoms with E-state index in [0.29, 0.717) is 33.8 Å². The molecule has 2 amide bonds. The summed E-state index contributed by atoms with van der Waals surface area (Å²) in [6.07, 6.45) is 4.58. The number of aromatic amines is 1. The Kier molecular flexibility index (Phi) is 5.31. The van der Waals surface area contributed by atoms with Crippen molar-refractivity contribution in [1.82, 2.24) is 19.7 Å². The van der Waals surface area contributed by atoms with Crippen molar-refractivity contribution in [3.05, 3.63) is 71.4 Å². The number of nitrogens with one attached hydrogen (secondary N) is 3. The van der Waals surface area contributed by atoms with Gasteiger partial charge in [-0.15, -0.1) is 0 Å². The number of amides is 2. The van der Waals surface area contributed by atoms with Crippen molar-refractivity contribution >= 4 is 34.2 Å². The minimum Gasteiger partial charge on any atom is -0.484 e. The van der Waals surface area contributed by atoms with Crippen molar-refractivity contribution in [1.29, 1.82) is 0 Å². The third-order valence-electron chi connectivity index (χ3n) is 5.20. The summed E-state index contributed by atoms with van der Waals surface area (Å²) in [6, 6.07) is 14.0. The first-order valence-electron chi connectivity index (χ1n) is 10.4. The normalized spacial score (nSPS) is 13.0. The highest BCUT2D eigenvalue weighted by molar-refractivity contribution is 5.95. The van der Waals surface area contributed by atoms with Crippen molar-refractivity contribution in [3.63, 3.8) is 0 Å². The van der Waals surface area contributed by atoms with E-state index in [0.717, 1.165) is 12.8 Å². The van der Waals surface area contributed by atoms with Gasteiger partial charge in [-0.2, -0.15) is 5.10 Å². The molecule has 2 heterocycles. The highest BCUT2D eigenvalue weighted by Gasteiger charge is 2.29. The molecule has 1 aliphatic carbocycles. The number of fused-ring (bicyclic) bond motifs is 1. The Balaban J connectivity index is 1.28. The lowest BCUT2D eigenvalue weighted by molar-refractivity contribution is -0.118. The van der Waals surface area contributed by atoms with Crippen LogP contribution in [-0.4, -0.2) is 38.2 Å². The van der Waals surface area contributed by atoms with Gasteiger partial charge in [-0.05, 0) is 37.1 Å². The minimum atomic E-state index is -0.378. The molecule has 10 nitrogen and oxygen atoms in total. The van der Waals surface area contributed by atoms with Gasteiger partial charge >= 0.3 is 0 Å². The molecule has 0 atom stereocenters. The maximum Gasteiger partial charge on any atom is 0.262 e. The summed E-state index contributed by atoms with van der Waals surface area (Å²) >= 11 is 0. The van der Waals surface area contributed by atoms with Crippen LogP contribution in [-0.2, 0) is 9.59 Å². The van der Waals surface area contributed by atoms with Crippen LogP contribution >= 0.6 is 0 Å². The summed E-state index contributed by atoms with van der Waals surface area (Å²) in [6.45, 7) is -0.230. The van der Waals surface area contributed by atoms with Crippen LogP contribution in [0.2, 0.25) is 0 Å². The fourth-order valence-electron chi connectivity index (χ4n) is 3.39. The Morgan fingerprint density at radius 2 is 1.97 bits per heavy atom. The summed E-state index contributed by atoms with van der Waals surface area (Å²) in [5.41, 5.74) is 1.76. The van der Waals surface area contributed by atoms with Crippen molar-refractivity contribution in [3.8, 4) is 11.4 Å². The van der Waals surface area contributed by atoms with E-state index in [1.807, 2.05) is 0 Å². The van der Waals surface area contributed by atoms with Gasteiger partial charge in [-0.25, -0.2) is 9.67 Å². The Morgan fingerprint density at radius 1 is 1.12 bits per heavy atom. The molecule has 0 radical (unpaired) electrons. The number of H-pyrrole nitrogens is 1. The first-order chi connectivity index (χ1) is 16.1. The van der Waals surface area contributed by atoms with E-state index in [4.69, 9.17) is 4.74 Å². The Bertz CT molecular complexity index is 1410. The fourth-order valence-corrected chi connectivity index (χ4v) is 3.39. The lowest BCUT2D eigenvalue weighted by Crippen LogP contribution is -2.21. The zero-order valence-corrected chi connectivity index (χ0v) is 17.4. The first kappa shape index (κ1) is 20.4. The van der Waals surface area contributed by atoms with Crippen LogP contribution < -0.4 is 20.9 Å². The van der Waals surface area contributed by atoms with E-state index in [1.54, 1.807) is 48.5 Å². The standard InChI is InChI=1S/C23H20N6O4/c30-20(12-33-16-5-3-4-15(10-16)27-22(31)14-8-9-14)28-18-6-1-2-7-19(18)29-21-17(11-26-29)23(32)25-13-24-21/h1-7,10-11,13-14H,8-9,12H2,(H,27,31)(H,28,30)(H,24,25,32). The highest BCUT2D eigenvalue weighted by atomic mass is 16.5. The molecular weight excluding hydrogens is 424 g/mol.